The third kappa shape index (κ3) is 7.18. The van der Waals surface area contributed by atoms with Gasteiger partial charge in [0.05, 0.1) is 11.8 Å². The fourth-order valence-electron chi connectivity index (χ4n) is 2.92. The second kappa shape index (κ2) is 12.6. The number of rotatable bonds is 10. The molecule has 2 atom stereocenters. The van der Waals surface area contributed by atoms with Crippen molar-refractivity contribution in [3.63, 3.8) is 0 Å². The lowest BCUT2D eigenvalue weighted by Crippen LogP contribution is -2.30. The third-order valence-corrected chi connectivity index (χ3v) is 5.79. The van der Waals surface area contributed by atoms with Crippen LogP contribution in [0.1, 0.15) is 42.7 Å². The molecule has 0 aliphatic heterocycles. The van der Waals surface area contributed by atoms with Gasteiger partial charge in [-0.3, -0.25) is 9.59 Å². The predicted octanol–water partition coefficient (Wildman–Crippen LogP) is 5.20. The molecule has 0 bridgehead atoms. The summed E-state index contributed by atoms with van der Waals surface area (Å²) in [7, 11) is 0. The monoisotopic (exact) mass is 482 g/mol. The van der Waals surface area contributed by atoms with Gasteiger partial charge in [0.15, 0.2) is 0 Å². The van der Waals surface area contributed by atoms with Gasteiger partial charge in [0, 0.05) is 27.7 Å². The quantitative estimate of drug-likeness (QED) is 0.214. The predicted molar refractivity (Wildman–Crippen MR) is 131 cm³/mol. The number of thiol groups is 4. The average molecular weight is 483 g/mol. The highest BCUT2D eigenvalue weighted by Gasteiger charge is 2.29. The molecule has 2 rings (SSSR count). The fourth-order valence-corrected chi connectivity index (χ4v) is 4.11. The molecule has 0 fully saturated rings. The standard InChI is InChI=1S/C22H26O4S4/c1-2-5-20(25-21(23)18(12-27)14-6-3-8-16(29)10-14)26-22(24)19(13-28)15-7-4-9-17(30)11-15/h3-4,6-11,18-20,27-30H,2,5,12-13H2,1H3. The van der Waals surface area contributed by atoms with Crippen molar-refractivity contribution in [2.45, 2.75) is 47.7 Å². The maximum Gasteiger partial charge on any atom is 0.317 e. The molecule has 0 spiro atoms. The van der Waals surface area contributed by atoms with Gasteiger partial charge < -0.3 is 9.47 Å². The molecule has 0 aliphatic rings. The first-order chi connectivity index (χ1) is 14.4. The molecule has 0 aromatic heterocycles. The molecule has 2 unspecified atom stereocenters. The molecule has 0 saturated heterocycles. The summed E-state index contributed by atoms with van der Waals surface area (Å²) in [6.45, 7) is 1.93. The second-order valence-corrected chi connectivity index (χ2v) is 8.52. The zero-order valence-corrected chi connectivity index (χ0v) is 20.2. The summed E-state index contributed by atoms with van der Waals surface area (Å²) in [5, 5.41) is 0. The van der Waals surface area contributed by atoms with E-state index in [9.17, 15) is 9.59 Å². The summed E-state index contributed by atoms with van der Waals surface area (Å²) in [6, 6.07) is 14.5. The van der Waals surface area contributed by atoms with E-state index < -0.39 is 30.1 Å². The molecule has 8 heteroatoms. The number of benzene rings is 2. The van der Waals surface area contributed by atoms with Crippen LogP contribution in [0.15, 0.2) is 58.3 Å². The molecule has 0 heterocycles. The first-order valence-corrected chi connectivity index (χ1v) is 11.8. The van der Waals surface area contributed by atoms with Crippen molar-refractivity contribution >= 4 is 62.5 Å². The molecular formula is C22H26O4S4. The Morgan fingerprint density at radius 1 is 0.833 bits per heavy atom. The minimum Gasteiger partial charge on any atom is -0.425 e. The molecule has 2 aromatic carbocycles. The van der Waals surface area contributed by atoms with Crippen LogP contribution in [0.3, 0.4) is 0 Å². The molecule has 0 radical (unpaired) electrons. The van der Waals surface area contributed by atoms with Gasteiger partial charge in [-0.1, -0.05) is 31.2 Å². The lowest BCUT2D eigenvalue weighted by atomic mass is 10.0. The van der Waals surface area contributed by atoms with E-state index in [1.807, 2.05) is 43.3 Å². The minimum absolute atomic E-state index is 0.261. The molecule has 2 aromatic rings. The van der Waals surface area contributed by atoms with Crippen LogP contribution < -0.4 is 0 Å². The number of hydrogen-bond acceptors (Lipinski definition) is 8. The number of hydrogen-bond donors (Lipinski definition) is 4. The van der Waals surface area contributed by atoms with Crippen molar-refractivity contribution in [1.82, 2.24) is 0 Å². The number of esters is 2. The van der Waals surface area contributed by atoms with Crippen LogP contribution in [0.5, 0.6) is 0 Å². The van der Waals surface area contributed by atoms with Crippen molar-refractivity contribution in [2.75, 3.05) is 11.5 Å². The second-order valence-electron chi connectivity index (χ2n) is 6.75. The van der Waals surface area contributed by atoms with E-state index in [-0.39, 0.29) is 11.5 Å². The van der Waals surface area contributed by atoms with Crippen LogP contribution in [-0.4, -0.2) is 29.7 Å². The molecular weight excluding hydrogens is 457 g/mol. The van der Waals surface area contributed by atoms with Crippen molar-refractivity contribution < 1.29 is 19.1 Å². The molecule has 30 heavy (non-hydrogen) atoms. The van der Waals surface area contributed by atoms with Gasteiger partial charge in [-0.05, 0) is 41.8 Å². The van der Waals surface area contributed by atoms with Crippen LogP contribution in [0.25, 0.3) is 0 Å². The summed E-state index contributed by atoms with van der Waals surface area (Å²) in [4.78, 5) is 27.1. The first kappa shape index (κ1) is 25.0. The van der Waals surface area contributed by atoms with Crippen LogP contribution in [0.4, 0.5) is 0 Å². The van der Waals surface area contributed by atoms with Crippen molar-refractivity contribution in [3.8, 4) is 0 Å². The Balaban J connectivity index is 2.12. The molecule has 0 saturated carbocycles. The van der Waals surface area contributed by atoms with Gasteiger partial charge >= 0.3 is 11.9 Å². The van der Waals surface area contributed by atoms with Crippen LogP contribution in [-0.2, 0) is 19.1 Å². The highest BCUT2D eigenvalue weighted by atomic mass is 32.1. The maximum atomic E-state index is 12.8. The first-order valence-electron chi connectivity index (χ1n) is 9.60. The Morgan fingerprint density at radius 2 is 1.27 bits per heavy atom. The smallest absolute Gasteiger partial charge is 0.317 e. The molecule has 0 amide bonds. The lowest BCUT2D eigenvalue weighted by molar-refractivity contribution is -0.190. The van der Waals surface area contributed by atoms with Gasteiger partial charge in [-0.15, -0.1) is 25.3 Å². The molecule has 4 nitrogen and oxygen atoms in total. The van der Waals surface area contributed by atoms with E-state index in [0.29, 0.717) is 12.8 Å². The van der Waals surface area contributed by atoms with Gasteiger partial charge in [0.1, 0.15) is 0 Å². The minimum atomic E-state index is -0.974. The Bertz CT molecular complexity index is 791. The normalized spacial score (nSPS) is 13.9. The zero-order chi connectivity index (χ0) is 22.1. The van der Waals surface area contributed by atoms with E-state index >= 15 is 0 Å². The average Bonchev–Trinajstić information content (AvgIpc) is 2.69. The van der Waals surface area contributed by atoms with Crippen LogP contribution in [0.2, 0.25) is 0 Å². The zero-order valence-electron chi connectivity index (χ0n) is 16.6. The van der Waals surface area contributed by atoms with E-state index in [2.05, 4.69) is 50.5 Å². The van der Waals surface area contributed by atoms with Crippen molar-refractivity contribution in [3.05, 3.63) is 59.7 Å². The summed E-state index contributed by atoms with van der Waals surface area (Å²) in [6.07, 6.45) is 0.105. The highest BCUT2D eigenvalue weighted by molar-refractivity contribution is 7.80. The van der Waals surface area contributed by atoms with Crippen LogP contribution >= 0.6 is 50.5 Å². The molecule has 0 N–H and O–H groups in total. The lowest BCUT2D eigenvalue weighted by Gasteiger charge is -2.23. The topological polar surface area (TPSA) is 52.6 Å². The number of carbonyl (C=O) groups is 2. The largest absolute Gasteiger partial charge is 0.425 e. The molecule has 0 aliphatic carbocycles. The van der Waals surface area contributed by atoms with Gasteiger partial charge in [0.2, 0.25) is 6.29 Å². The van der Waals surface area contributed by atoms with Gasteiger partial charge in [0.25, 0.3) is 0 Å². The molecule has 162 valence electrons. The van der Waals surface area contributed by atoms with Gasteiger partial charge in [-0.25, -0.2) is 0 Å². The van der Waals surface area contributed by atoms with Gasteiger partial charge in [-0.2, -0.15) is 25.3 Å². The summed E-state index contributed by atoms with van der Waals surface area (Å²) < 4.78 is 11.1. The number of ether oxygens (including phenoxy) is 2. The van der Waals surface area contributed by atoms with E-state index in [1.54, 1.807) is 12.1 Å². The van der Waals surface area contributed by atoms with E-state index in [0.717, 1.165) is 20.9 Å². The third-order valence-electron chi connectivity index (χ3n) is 4.50. The maximum absolute atomic E-state index is 12.8. The Morgan fingerprint density at radius 3 is 1.60 bits per heavy atom. The SMILES string of the molecule is CCCC(OC(=O)C(CS)c1cccc(S)c1)OC(=O)C(CS)c1cccc(S)c1. The Labute approximate surface area is 199 Å². The Kier molecular flexibility index (Phi) is 10.5. The van der Waals surface area contributed by atoms with E-state index in [1.165, 1.54) is 0 Å². The van der Waals surface area contributed by atoms with Crippen molar-refractivity contribution in [1.29, 1.82) is 0 Å². The van der Waals surface area contributed by atoms with E-state index in [4.69, 9.17) is 9.47 Å². The summed E-state index contributed by atoms with van der Waals surface area (Å²) in [5.41, 5.74) is 1.51. The highest BCUT2D eigenvalue weighted by Crippen LogP contribution is 2.25. The van der Waals surface area contributed by atoms with Crippen LogP contribution in [0, 0.1) is 0 Å². The Hall–Kier alpha value is -1.22. The van der Waals surface area contributed by atoms with Crippen molar-refractivity contribution in [2.24, 2.45) is 0 Å². The number of carbonyl (C=O) groups excluding carboxylic acids is 2. The fraction of sp³-hybridized carbons (Fsp3) is 0.364. The summed E-state index contributed by atoms with van der Waals surface area (Å²) >= 11 is 17.2. The summed E-state index contributed by atoms with van der Waals surface area (Å²) in [5.74, 6) is -1.63.